The summed E-state index contributed by atoms with van der Waals surface area (Å²) >= 11 is 1.52. The molecule has 132 valence electrons. The van der Waals surface area contributed by atoms with Crippen LogP contribution in [0.3, 0.4) is 0 Å². The van der Waals surface area contributed by atoms with Crippen molar-refractivity contribution < 1.29 is 4.79 Å². The highest BCUT2D eigenvalue weighted by molar-refractivity contribution is 7.19. The first kappa shape index (κ1) is 17.6. The topological polar surface area (TPSA) is 47.3 Å². The molecule has 0 fully saturated rings. The second kappa shape index (κ2) is 7.34. The number of unbranched alkanes of at least 4 members (excludes halogenated alkanes) is 6. The van der Waals surface area contributed by atoms with Crippen LogP contribution >= 0.6 is 11.3 Å². The van der Waals surface area contributed by atoms with E-state index < -0.39 is 0 Å². The first-order valence-electron chi connectivity index (χ1n) is 9.41. The van der Waals surface area contributed by atoms with E-state index in [9.17, 15) is 4.79 Å². The minimum Gasteiger partial charge on any atom is -0.293 e. The number of ketones is 1. The molecule has 2 aromatic heterocycles. The normalized spacial score (nSPS) is 16.7. The number of hydrogen-bond donors (Lipinski definition) is 0. The van der Waals surface area contributed by atoms with Crippen LogP contribution in [0.1, 0.15) is 93.3 Å². The molecule has 3 rings (SSSR count). The Morgan fingerprint density at radius 3 is 2.54 bits per heavy atom. The summed E-state index contributed by atoms with van der Waals surface area (Å²) in [4.78, 5) is 18.8. The van der Waals surface area contributed by atoms with Gasteiger partial charge in [0, 0.05) is 12.8 Å². The molecule has 0 saturated heterocycles. The Morgan fingerprint density at radius 2 is 1.79 bits per heavy atom. The smallest absolute Gasteiger partial charge is 0.213 e. The predicted molar refractivity (Wildman–Crippen MR) is 99.0 cm³/mol. The average Bonchev–Trinajstić information content (AvgIpc) is 3.04. The second-order valence-electron chi connectivity index (χ2n) is 7.91. The fourth-order valence-corrected chi connectivity index (χ4v) is 4.61. The number of aryl methyl sites for hydroxylation is 1. The van der Waals surface area contributed by atoms with Gasteiger partial charge in [-0.2, -0.15) is 5.10 Å². The summed E-state index contributed by atoms with van der Waals surface area (Å²) in [5.74, 6) is 1.20. The Labute approximate surface area is 148 Å². The number of fused-ring (bicyclic) bond motifs is 3. The third-order valence-corrected chi connectivity index (χ3v) is 5.99. The van der Waals surface area contributed by atoms with E-state index in [1.807, 2.05) is 4.52 Å². The molecule has 0 radical (unpaired) electrons. The highest BCUT2D eigenvalue weighted by Crippen LogP contribution is 2.38. The largest absolute Gasteiger partial charge is 0.293 e. The molecule has 0 atom stereocenters. The van der Waals surface area contributed by atoms with E-state index >= 15 is 0 Å². The van der Waals surface area contributed by atoms with Crippen molar-refractivity contribution in [2.45, 2.75) is 85.0 Å². The van der Waals surface area contributed by atoms with Crippen molar-refractivity contribution in [1.29, 1.82) is 0 Å². The van der Waals surface area contributed by atoms with Crippen molar-refractivity contribution in [1.82, 2.24) is 14.6 Å². The zero-order valence-electron chi connectivity index (χ0n) is 15.2. The molecule has 4 nitrogen and oxygen atoms in total. The van der Waals surface area contributed by atoms with Crippen LogP contribution in [0.4, 0.5) is 0 Å². The quantitative estimate of drug-likeness (QED) is 0.614. The van der Waals surface area contributed by atoms with E-state index in [1.54, 1.807) is 0 Å². The minimum absolute atomic E-state index is 0.0304. The van der Waals surface area contributed by atoms with Gasteiger partial charge in [0.1, 0.15) is 0 Å². The number of thiazole rings is 1. The second-order valence-corrected chi connectivity index (χ2v) is 8.89. The van der Waals surface area contributed by atoms with Crippen LogP contribution in [0.5, 0.6) is 0 Å². The maximum atomic E-state index is 12.3. The number of aromatic nitrogens is 3. The number of rotatable bonds is 8. The van der Waals surface area contributed by atoms with Crippen LogP contribution in [0, 0.1) is 5.41 Å². The first-order chi connectivity index (χ1) is 11.5. The summed E-state index contributed by atoms with van der Waals surface area (Å²) in [7, 11) is 0. The summed E-state index contributed by atoms with van der Waals surface area (Å²) in [5.41, 5.74) is 1.11. The molecule has 0 N–H and O–H groups in total. The highest BCUT2D eigenvalue weighted by atomic mass is 32.1. The lowest BCUT2D eigenvalue weighted by atomic mass is 9.78. The number of hydrogen-bond acceptors (Lipinski definition) is 4. The molecule has 0 unspecified atom stereocenters. The third kappa shape index (κ3) is 3.88. The lowest BCUT2D eigenvalue weighted by molar-refractivity contribution is 0.0915. The highest BCUT2D eigenvalue weighted by Gasteiger charge is 2.35. The summed E-state index contributed by atoms with van der Waals surface area (Å²) in [6, 6.07) is 0. The SMILES string of the molecule is CCCCCCCCCc1nc2sc3c(n2n1)CC(C)(C)CC3=O. The van der Waals surface area contributed by atoms with Crippen molar-refractivity contribution in [2.75, 3.05) is 0 Å². The number of Topliss-reactive ketones (excluding diaryl/α,β-unsaturated/α-hetero) is 1. The molecule has 1 aliphatic carbocycles. The van der Waals surface area contributed by atoms with Crippen LogP contribution < -0.4 is 0 Å². The fourth-order valence-electron chi connectivity index (χ4n) is 3.58. The maximum absolute atomic E-state index is 12.3. The Hall–Kier alpha value is -1.23. The van der Waals surface area contributed by atoms with Gasteiger partial charge in [0.05, 0.1) is 10.6 Å². The predicted octanol–water partition coefficient (Wildman–Crippen LogP) is 5.24. The van der Waals surface area contributed by atoms with E-state index in [2.05, 4.69) is 25.8 Å². The van der Waals surface area contributed by atoms with Crippen molar-refractivity contribution in [2.24, 2.45) is 5.41 Å². The van der Waals surface area contributed by atoms with Crippen molar-refractivity contribution in [3.63, 3.8) is 0 Å². The molecule has 0 aromatic carbocycles. The molecule has 0 aliphatic heterocycles. The van der Waals surface area contributed by atoms with E-state index in [0.29, 0.717) is 6.42 Å². The van der Waals surface area contributed by atoms with Gasteiger partial charge < -0.3 is 0 Å². The van der Waals surface area contributed by atoms with E-state index in [0.717, 1.165) is 40.6 Å². The van der Waals surface area contributed by atoms with Crippen molar-refractivity contribution in [3.05, 3.63) is 16.4 Å². The number of carbonyl (C=O) groups excluding carboxylic acids is 1. The first-order valence-corrected chi connectivity index (χ1v) is 10.2. The van der Waals surface area contributed by atoms with Crippen LogP contribution in [0.25, 0.3) is 4.96 Å². The molecule has 2 aromatic rings. The van der Waals surface area contributed by atoms with Gasteiger partial charge in [-0.05, 0) is 18.3 Å². The van der Waals surface area contributed by atoms with Gasteiger partial charge >= 0.3 is 0 Å². The molecule has 1 aliphatic rings. The van der Waals surface area contributed by atoms with Crippen LogP contribution in [0.15, 0.2) is 0 Å². The zero-order valence-corrected chi connectivity index (χ0v) is 16.0. The summed E-state index contributed by atoms with van der Waals surface area (Å²) in [5, 5.41) is 4.70. The van der Waals surface area contributed by atoms with E-state index in [1.165, 1.54) is 49.9 Å². The average molecular weight is 348 g/mol. The van der Waals surface area contributed by atoms with Crippen LogP contribution in [-0.2, 0) is 12.8 Å². The molecule has 24 heavy (non-hydrogen) atoms. The van der Waals surface area contributed by atoms with E-state index in [4.69, 9.17) is 5.10 Å². The molecular formula is C19H29N3OS. The van der Waals surface area contributed by atoms with E-state index in [-0.39, 0.29) is 11.2 Å². The molecule has 5 heteroatoms. The van der Waals surface area contributed by atoms with Gasteiger partial charge in [0.25, 0.3) is 0 Å². The lowest BCUT2D eigenvalue weighted by Crippen LogP contribution is -2.27. The Kier molecular flexibility index (Phi) is 5.38. The molecule has 0 amide bonds. The van der Waals surface area contributed by atoms with Crippen molar-refractivity contribution >= 4 is 22.1 Å². The molecule has 2 heterocycles. The third-order valence-electron chi connectivity index (χ3n) is 4.87. The van der Waals surface area contributed by atoms with Crippen LogP contribution in [-0.4, -0.2) is 20.4 Å². The molecule has 0 bridgehead atoms. The summed E-state index contributed by atoms with van der Waals surface area (Å²) in [6.07, 6.45) is 11.6. The molecular weight excluding hydrogens is 318 g/mol. The van der Waals surface area contributed by atoms with Gasteiger partial charge in [-0.15, -0.1) is 0 Å². The Bertz CT molecular complexity index is 714. The van der Waals surface area contributed by atoms with Crippen LogP contribution in [0.2, 0.25) is 0 Å². The van der Waals surface area contributed by atoms with Gasteiger partial charge in [-0.3, -0.25) is 4.79 Å². The maximum Gasteiger partial charge on any atom is 0.213 e. The molecule has 0 spiro atoms. The Balaban J connectivity index is 1.60. The van der Waals surface area contributed by atoms with Gasteiger partial charge in [0.15, 0.2) is 11.6 Å². The lowest BCUT2D eigenvalue weighted by Gasteiger charge is -2.27. The van der Waals surface area contributed by atoms with Gasteiger partial charge in [-0.1, -0.05) is 70.6 Å². The van der Waals surface area contributed by atoms with Gasteiger partial charge in [0.2, 0.25) is 4.96 Å². The zero-order chi connectivity index (χ0) is 17.2. The summed E-state index contributed by atoms with van der Waals surface area (Å²) < 4.78 is 1.94. The monoisotopic (exact) mass is 347 g/mol. The Morgan fingerprint density at radius 1 is 1.08 bits per heavy atom. The van der Waals surface area contributed by atoms with Crippen molar-refractivity contribution in [3.8, 4) is 0 Å². The van der Waals surface area contributed by atoms with Gasteiger partial charge in [-0.25, -0.2) is 9.50 Å². The minimum atomic E-state index is 0.0304. The summed E-state index contributed by atoms with van der Waals surface area (Å²) in [6.45, 7) is 6.57. The number of carbonyl (C=O) groups is 1. The fraction of sp³-hybridized carbons (Fsp3) is 0.737. The molecule has 0 saturated carbocycles. The number of nitrogens with zero attached hydrogens (tertiary/aromatic N) is 3. The standard InChI is InChI=1S/C19H29N3OS/c1-4-5-6-7-8-9-10-11-16-20-18-22(21-16)14-12-19(2,3)13-15(23)17(14)24-18/h4-13H2,1-3H3.